The monoisotopic (exact) mass is 248 g/mol. The Labute approximate surface area is 97.5 Å². The van der Waals surface area contributed by atoms with Crippen molar-refractivity contribution in [2.45, 2.75) is 4.90 Å². The lowest BCUT2D eigenvalue weighted by Crippen LogP contribution is -1.93. The van der Waals surface area contributed by atoms with Gasteiger partial charge in [0.25, 0.3) is 0 Å². The quantitative estimate of drug-likeness (QED) is 0.829. The molecule has 3 rings (SSSR count). The molecule has 2 N–H and O–H groups in total. The van der Waals surface area contributed by atoms with Crippen LogP contribution in [0, 0.1) is 0 Å². The van der Waals surface area contributed by atoms with Gasteiger partial charge in [-0.1, -0.05) is 11.2 Å². The molecule has 0 amide bonds. The molecule has 0 bridgehead atoms. The van der Waals surface area contributed by atoms with Crippen molar-refractivity contribution in [2.24, 2.45) is 0 Å². The summed E-state index contributed by atoms with van der Waals surface area (Å²) in [6.07, 6.45) is 3.07. The van der Waals surface area contributed by atoms with Gasteiger partial charge in [-0.3, -0.25) is 0 Å². The number of hydrogen-bond acceptors (Lipinski definition) is 5. The van der Waals surface area contributed by atoms with Crippen LogP contribution in [0.15, 0.2) is 39.2 Å². The van der Waals surface area contributed by atoms with Gasteiger partial charge >= 0.3 is 0 Å². The summed E-state index contributed by atoms with van der Waals surface area (Å²) in [5.41, 5.74) is 7.70. The molecule has 0 atom stereocenters. The zero-order chi connectivity index (χ0) is 12.0. The molecule has 1 aromatic carbocycles. The molecule has 1 aliphatic rings. The van der Waals surface area contributed by atoms with Crippen molar-refractivity contribution in [3.63, 3.8) is 0 Å². The van der Waals surface area contributed by atoms with Crippen LogP contribution in [-0.4, -0.2) is 13.6 Å². The van der Waals surface area contributed by atoms with E-state index in [0.29, 0.717) is 16.0 Å². The Kier molecular flexibility index (Phi) is 1.90. The summed E-state index contributed by atoms with van der Waals surface area (Å²) < 4.78 is 27.9. The van der Waals surface area contributed by atoms with Crippen LogP contribution in [0.5, 0.6) is 0 Å². The number of fused-ring (bicyclic) bond motifs is 1. The minimum Gasteiger partial charge on any atom is -0.367 e. The lowest BCUT2D eigenvalue weighted by atomic mass is 10.1. The maximum Gasteiger partial charge on any atom is 0.229 e. The van der Waals surface area contributed by atoms with Gasteiger partial charge < -0.3 is 10.3 Å². The van der Waals surface area contributed by atoms with Crippen LogP contribution in [-0.2, 0) is 9.84 Å². The van der Waals surface area contributed by atoms with E-state index < -0.39 is 9.84 Å². The van der Waals surface area contributed by atoms with E-state index in [1.807, 2.05) is 0 Å². The van der Waals surface area contributed by atoms with Gasteiger partial charge in [0.1, 0.15) is 0 Å². The molecule has 0 radical (unpaired) electrons. The van der Waals surface area contributed by atoms with Crippen LogP contribution in [0.2, 0.25) is 0 Å². The zero-order valence-corrected chi connectivity index (χ0v) is 9.44. The predicted molar refractivity (Wildman–Crippen MR) is 62.6 cm³/mol. The molecule has 2 aromatic rings. The predicted octanol–water partition coefficient (Wildman–Crippen LogP) is 1.68. The molecule has 1 aromatic heterocycles. The summed E-state index contributed by atoms with van der Waals surface area (Å²) in [6, 6.07) is 5.00. The molecule has 1 aliphatic heterocycles. The fourth-order valence-electron chi connectivity index (χ4n) is 1.81. The lowest BCUT2D eigenvalue weighted by Gasteiger charge is -2.02. The van der Waals surface area contributed by atoms with Crippen LogP contribution in [0.1, 0.15) is 5.56 Å². The maximum absolute atomic E-state index is 11.6. The summed E-state index contributed by atoms with van der Waals surface area (Å²) >= 11 is 0. The maximum atomic E-state index is 11.6. The van der Waals surface area contributed by atoms with Gasteiger partial charge in [0.05, 0.1) is 16.7 Å². The lowest BCUT2D eigenvalue weighted by molar-refractivity contribution is 0.436. The first-order valence-corrected chi connectivity index (χ1v) is 6.40. The van der Waals surface area contributed by atoms with E-state index in [1.54, 1.807) is 24.3 Å². The van der Waals surface area contributed by atoms with E-state index in [2.05, 4.69) is 5.16 Å². The molecule has 0 unspecified atom stereocenters. The number of nitrogen functional groups attached to an aromatic ring is 1. The molecule has 6 heteroatoms. The van der Waals surface area contributed by atoms with Crippen LogP contribution in [0.3, 0.4) is 0 Å². The number of hydrogen-bond donors (Lipinski definition) is 1. The molecule has 0 spiro atoms. The Bertz CT molecular complexity index is 729. The summed E-state index contributed by atoms with van der Waals surface area (Å²) in [5.74, 6) is 0.217. The Morgan fingerprint density at radius 1 is 1.29 bits per heavy atom. The van der Waals surface area contributed by atoms with E-state index >= 15 is 0 Å². The first-order chi connectivity index (χ1) is 8.08. The summed E-state index contributed by atoms with van der Waals surface area (Å²) in [5, 5.41) is 4.78. The van der Waals surface area contributed by atoms with E-state index in [0.717, 1.165) is 5.56 Å². The van der Waals surface area contributed by atoms with Crippen molar-refractivity contribution in [3.8, 4) is 11.1 Å². The smallest absolute Gasteiger partial charge is 0.229 e. The molecular formula is C11H8N2O3S. The number of benzene rings is 1. The Balaban J connectivity index is 2.20. The summed E-state index contributed by atoms with van der Waals surface area (Å²) in [4.78, 5) is 0.316. The van der Waals surface area contributed by atoms with E-state index in [-0.39, 0.29) is 5.88 Å². The minimum absolute atomic E-state index is 0.217. The fourth-order valence-corrected chi connectivity index (χ4v) is 2.99. The van der Waals surface area contributed by atoms with Crippen molar-refractivity contribution in [1.29, 1.82) is 0 Å². The van der Waals surface area contributed by atoms with Crippen LogP contribution < -0.4 is 5.73 Å². The first-order valence-electron chi connectivity index (χ1n) is 4.86. The number of rotatable bonds is 1. The highest BCUT2D eigenvalue weighted by atomic mass is 32.2. The number of anilines is 1. The van der Waals surface area contributed by atoms with E-state index in [1.165, 1.54) is 11.6 Å². The molecule has 5 nitrogen and oxygen atoms in total. The molecule has 2 heterocycles. The van der Waals surface area contributed by atoms with Crippen molar-refractivity contribution in [1.82, 2.24) is 5.16 Å². The zero-order valence-electron chi connectivity index (χ0n) is 8.62. The van der Waals surface area contributed by atoms with Gasteiger partial charge in [0.2, 0.25) is 5.88 Å². The van der Waals surface area contributed by atoms with Gasteiger partial charge in [-0.15, -0.1) is 0 Å². The second kappa shape index (κ2) is 3.21. The number of nitrogens with two attached hydrogens (primary N) is 1. The normalized spacial score (nSPS) is 16.0. The summed E-state index contributed by atoms with van der Waals surface area (Å²) in [6.45, 7) is 0. The highest BCUT2D eigenvalue weighted by Crippen LogP contribution is 2.32. The largest absolute Gasteiger partial charge is 0.367 e. The third kappa shape index (κ3) is 1.45. The SMILES string of the molecule is Nc1oncc1-c1ccc2c(c1)C=CS2(=O)=O. The highest BCUT2D eigenvalue weighted by molar-refractivity contribution is 7.94. The molecular weight excluding hydrogens is 240 g/mol. The average molecular weight is 248 g/mol. The van der Waals surface area contributed by atoms with Crippen molar-refractivity contribution in [2.75, 3.05) is 5.73 Å². The minimum atomic E-state index is -3.25. The second-order valence-corrected chi connectivity index (χ2v) is 5.51. The van der Waals surface area contributed by atoms with Crippen LogP contribution >= 0.6 is 0 Å². The Hall–Kier alpha value is -2.08. The summed E-state index contributed by atoms with van der Waals surface area (Å²) in [7, 11) is -3.25. The van der Waals surface area contributed by atoms with Gasteiger partial charge in [-0.25, -0.2) is 8.42 Å². The standard InChI is InChI=1S/C11H8N2O3S/c12-11-9(6-13-16-11)7-1-2-10-8(5-7)3-4-17(10,14)15/h1-6H,12H2. The van der Waals surface area contributed by atoms with Crippen LogP contribution in [0.4, 0.5) is 5.88 Å². The first kappa shape index (κ1) is 10.1. The molecule has 0 aliphatic carbocycles. The van der Waals surface area contributed by atoms with Crippen molar-refractivity contribution in [3.05, 3.63) is 35.4 Å². The molecule has 86 valence electrons. The van der Waals surface area contributed by atoms with Gasteiger partial charge in [0.15, 0.2) is 9.84 Å². The third-order valence-corrected chi connectivity index (χ3v) is 4.13. The van der Waals surface area contributed by atoms with E-state index in [9.17, 15) is 8.42 Å². The van der Waals surface area contributed by atoms with Gasteiger partial charge in [-0.05, 0) is 29.3 Å². The van der Waals surface area contributed by atoms with Crippen LogP contribution in [0.25, 0.3) is 17.2 Å². The molecule has 0 fully saturated rings. The molecule has 17 heavy (non-hydrogen) atoms. The topological polar surface area (TPSA) is 86.2 Å². The molecule has 0 saturated carbocycles. The highest BCUT2D eigenvalue weighted by Gasteiger charge is 2.21. The van der Waals surface area contributed by atoms with E-state index in [4.69, 9.17) is 10.3 Å². The molecule has 0 saturated heterocycles. The number of aromatic nitrogens is 1. The number of sulfone groups is 1. The Morgan fingerprint density at radius 2 is 2.12 bits per heavy atom. The van der Waals surface area contributed by atoms with Gasteiger partial charge in [0, 0.05) is 5.41 Å². The number of nitrogens with zero attached hydrogens (tertiary/aromatic N) is 1. The van der Waals surface area contributed by atoms with Crippen molar-refractivity contribution < 1.29 is 12.9 Å². The Morgan fingerprint density at radius 3 is 2.82 bits per heavy atom. The van der Waals surface area contributed by atoms with Crippen molar-refractivity contribution >= 4 is 21.8 Å². The average Bonchev–Trinajstić information content (AvgIpc) is 2.83. The second-order valence-electron chi connectivity index (χ2n) is 3.70. The van der Waals surface area contributed by atoms with Gasteiger partial charge in [-0.2, -0.15) is 0 Å². The third-order valence-electron chi connectivity index (χ3n) is 2.65. The fraction of sp³-hybridized carbons (Fsp3) is 0.